The van der Waals surface area contributed by atoms with Crippen LogP contribution in [0.2, 0.25) is 5.02 Å². The Kier molecular flexibility index (Phi) is 6.36. The molecular formula is C14H18ClNO3S. The number of benzene rings is 1. The van der Waals surface area contributed by atoms with Crippen LogP contribution >= 0.6 is 23.4 Å². The number of hydrogen-bond donors (Lipinski definition) is 1. The number of thioether (sulfide) groups is 1. The summed E-state index contributed by atoms with van der Waals surface area (Å²) in [6, 6.07) is 5.19. The van der Waals surface area contributed by atoms with E-state index in [1.807, 2.05) is 26.2 Å². The number of carbonyl (C=O) groups excluding carboxylic acids is 1. The summed E-state index contributed by atoms with van der Waals surface area (Å²) in [4.78, 5) is 25.6. The number of carboxylic acid groups (broad SMARTS) is 1. The molecule has 0 atom stereocenters. The molecule has 0 saturated heterocycles. The minimum absolute atomic E-state index is 0.181. The summed E-state index contributed by atoms with van der Waals surface area (Å²) in [5.41, 5.74) is 0.348. The Morgan fingerprint density at radius 1 is 1.40 bits per heavy atom. The van der Waals surface area contributed by atoms with E-state index in [9.17, 15) is 9.59 Å². The second-order valence-electron chi connectivity index (χ2n) is 4.82. The predicted octanol–water partition coefficient (Wildman–Crippen LogP) is 3.24. The molecule has 0 aliphatic rings. The van der Waals surface area contributed by atoms with E-state index in [-0.39, 0.29) is 18.4 Å². The van der Waals surface area contributed by atoms with Gasteiger partial charge in [-0.05, 0) is 30.4 Å². The van der Waals surface area contributed by atoms with E-state index in [1.165, 1.54) is 16.7 Å². The Bertz CT molecular complexity index is 505. The zero-order chi connectivity index (χ0) is 15.3. The molecule has 0 aliphatic heterocycles. The molecule has 4 nitrogen and oxygen atoms in total. The summed E-state index contributed by atoms with van der Waals surface area (Å²) in [6.45, 7) is 3.92. The molecule has 0 bridgehead atoms. The van der Waals surface area contributed by atoms with Crippen LogP contribution in [0, 0.1) is 5.92 Å². The summed E-state index contributed by atoms with van der Waals surface area (Å²) < 4.78 is 0. The molecule has 0 aromatic heterocycles. The van der Waals surface area contributed by atoms with E-state index in [2.05, 4.69) is 0 Å². The fourth-order valence-electron chi connectivity index (χ4n) is 1.79. The molecule has 1 amide bonds. The fourth-order valence-corrected chi connectivity index (χ4v) is 2.43. The molecule has 0 radical (unpaired) electrons. The summed E-state index contributed by atoms with van der Waals surface area (Å²) in [6.07, 6.45) is 1.90. The lowest BCUT2D eigenvalue weighted by atomic mass is 10.1. The van der Waals surface area contributed by atoms with Crippen molar-refractivity contribution in [2.45, 2.75) is 18.7 Å². The highest BCUT2D eigenvalue weighted by Gasteiger charge is 2.21. The van der Waals surface area contributed by atoms with Gasteiger partial charge in [-0.3, -0.25) is 9.59 Å². The molecule has 0 aliphatic carbocycles. The van der Waals surface area contributed by atoms with Crippen LogP contribution in [0.3, 0.4) is 0 Å². The molecule has 0 unspecified atom stereocenters. The molecule has 1 aromatic rings. The molecule has 20 heavy (non-hydrogen) atoms. The van der Waals surface area contributed by atoms with Crippen LogP contribution in [0.25, 0.3) is 0 Å². The third kappa shape index (κ3) is 4.72. The average Bonchev–Trinajstić information content (AvgIpc) is 2.36. The van der Waals surface area contributed by atoms with Crippen molar-refractivity contribution in [1.82, 2.24) is 4.90 Å². The third-order valence-electron chi connectivity index (χ3n) is 2.60. The van der Waals surface area contributed by atoms with E-state index in [4.69, 9.17) is 16.7 Å². The van der Waals surface area contributed by atoms with Gasteiger partial charge in [0.2, 0.25) is 0 Å². The van der Waals surface area contributed by atoms with Gasteiger partial charge in [0.1, 0.15) is 6.54 Å². The van der Waals surface area contributed by atoms with Gasteiger partial charge in [0.15, 0.2) is 0 Å². The first kappa shape index (κ1) is 16.9. The predicted molar refractivity (Wildman–Crippen MR) is 81.6 cm³/mol. The highest BCUT2D eigenvalue weighted by atomic mass is 35.5. The minimum Gasteiger partial charge on any atom is -0.480 e. The minimum atomic E-state index is -1.03. The number of carbonyl (C=O) groups is 2. The normalized spacial score (nSPS) is 10.7. The lowest BCUT2D eigenvalue weighted by molar-refractivity contribution is -0.137. The van der Waals surface area contributed by atoms with Crippen LogP contribution in [0.15, 0.2) is 23.1 Å². The maximum absolute atomic E-state index is 12.5. The molecule has 0 heterocycles. The van der Waals surface area contributed by atoms with Crippen molar-refractivity contribution in [2.75, 3.05) is 19.3 Å². The molecule has 0 saturated carbocycles. The van der Waals surface area contributed by atoms with Crippen molar-refractivity contribution in [3.63, 3.8) is 0 Å². The van der Waals surface area contributed by atoms with Gasteiger partial charge in [0.25, 0.3) is 5.91 Å². The first-order valence-electron chi connectivity index (χ1n) is 6.19. The van der Waals surface area contributed by atoms with Gasteiger partial charge < -0.3 is 10.0 Å². The number of aliphatic carboxylic acids is 1. The Hall–Kier alpha value is -1.20. The second kappa shape index (κ2) is 7.55. The maximum Gasteiger partial charge on any atom is 0.323 e. The number of carboxylic acids is 1. The topological polar surface area (TPSA) is 57.6 Å². The van der Waals surface area contributed by atoms with E-state index >= 15 is 0 Å². The molecule has 110 valence electrons. The van der Waals surface area contributed by atoms with Crippen molar-refractivity contribution >= 4 is 35.2 Å². The molecule has 1 N–H and O–H groups in total. The van der Waals surface area contributed by atoms with Gasteiger partial charge in [0.05, 0.1) is 10.6 Å². The Balaban J connectivity index is 3.07. The second-order valence-corrected chi connectivity index (χ2v) is 6.11. The number of hydrogen-bond acceptors (Lipinski definition) is 3. The van der Waals surface area contributed by atoms with Gasteiger partial charge in [-0.1, -0.05) is 25.4 Å². The average molecular weight is 316 g/mol. The van der Waals surface area contributed by atoms with Gasteiger partial charge in [-0.25, -0.2) is 0 Å². The fraction of sp³-hybridized carbons (Fsp3) is 0.429. The molecular weight excluding hydrogens is 298 g/mol. The first-order chi connectivity index (χ1) is 9.35. The number of amides is 1. The quantitative estimate of drug-likeness (QED) is 0.819. The summed E-state index contributed by atoms with van der Waals surface area (Å²) >= 11 is 7.56. The number of rotatable bonds is 6. The van der Waals surface area contributed by atoms with Crippen LogP contribution in [0.1, 0.15) is 24.2 Å². The van der Waals surface area contributed by atoms with Gasteiger partial charge in [0, 0.05) is 11.4 Å². The van der Waals surface area contributed by atoms with Crippen LogP contribution in [-0.4, -0.2) is 41.2 Å². The maximum atomic E-state index is 12.5. The summed E-state index contributed by atoms with van der Waals surface area (Å²) in [5.74, 6) is -1.20. The van der Waals surface area contributed by atoms with Gasteiger partial charge in [-0.2, -0.15) is 0 Å². The van der Waals surface area contributed by atoms with Crippen molar-refractivity contribution in [3.8, 4) is 0 Å². The van der Waals surface area contributed by atoms with E-state index < -0.39 is 5.97 Å². The van der Waals surface area contributed by atoms with Gasteiger partial charge >= 0.3 is 5.97 Å². The summed E-state index contributed by atoms with van der Waals surface area (Å²) in [5, 5.41) is 9.27. The Labute approximate surface area is 128 Å². The van der Waals surface area contributed by atoms with Crippen LogP contribution in [0.5, 0.6) is 0 Å². The standard InChI is InChI=1S/C14H18ClNO3S/c1-9(2)7-16(8-13(17)18)14(19)11-6-10(20-3)4-5-12(11)15/h4-6,9H,7-8H2,1-3H3,(H,17,18). The highest BCUT2D eigenvalue weighted by molar-refractivity contribution is 7.98. The van der Waals surface area contributed by atoms with Crippen molar-refractivity contribution in [3.05, 3.63) is 28.8 Å². The first-order valence-corrected chi connectivity index (χ1v) is 7.80. The Morgan fingerprint density at radius 2 is 2.05 bits per heavy atom. The third-order valence-corrected chi connectivity index (χ3v) is 3.66. The lowest BCUT2D eigenvalue weighted by Gasteiger charge is -2.23. The highest BCUT2D eigenvalue weighted by Crippen LogP contribution is 2.24. The summed E-state index contributed by atoms with van der Waals surface area (Å²) in [7, 11) is 0. The smallest absolute Gasteiger partial charge is 0.323 e. The zero-order valence-corrected chi connectivity index (χ0v) is 13.3. The van der Waals surface area contributed by atoms with Crippen LogP contribution < -0.4 is 0 Å². The van der Waals surface area contributed by atoms with E-state index in [0.717, 1.165) is 4.90 Å². The molecule has 1 aromatic carbocycles. The Morgan fingerprint density at radius 3 is 2.55 bits per heavy atom. The van der Waals surface area contributed by atoms with E-state index in [0.29, 0.717) is 17.1 Å². The van der Waals surface area contributed by atoms with Crippen LogP contribution in [0.4, 0.5) is 0 Å². The van der Waals surface area contributed by atoms with Gasteiger partial charge in [-0.15, -0.1) is 11.8 Å². The zero-order valence-electron chi connectivity index (χ0n) is 11.7. The van der Waals surface area contributed by atoms with E-state index in [1.54, 1.807) is 12.1 Å². The number of nitrogens with zero attached hydrogens (tertiary/aromatic N) is 1. The SMILES string of the molecule is CSc1ccc(Cl)c(C(=O)N(CC(=O)O)CC(C)C)c1. The lowest BCUT2D eigenvalue weighted by Crippen LogP contribution is -2.38. The van der Waals surface area contributed by atoms with Crippen molar-refractivity contribution in [1.29, 1.82) is 0 Å². The molecule has 6 heteroatoms. The monoisotopic (exact) mass is 315 g/mol. The van der Waals surface area contributed by atoms with Crippen LogP contribution in [-0.2, 0) is 4.79 Å². The van der Waals surface area contributed by atoms with Crippen molar-refractivity contribution < 1.29 is 14.7 Å². The number of halogens is 1. The molecule has 0 fully saturated rings. The largest absolute Gasteiger partial charge is 0.480 e. The molecule has 1 rings (SSSR count). The molecule has 0 spiro atoms. The van der Waals surface area contributed by atoms with Crippen molar-refractivity contribution in [2.24, 2.45) is 5.92 Å².